The number of sulfone groups is 1. The lowest BCUT2D eigenvalue weighted by Crippen LogP contribution is -2.39. The molecule has 0 radical (unpaired) electrons. The van der Waals surface area contributed by atoms with E-state index in [-0.39, 0.29) is 17.9 Å². The van der Waals surface area contributed by atoms with Crippen LogP contribution in [-0.4, -0.2) is 45.8 Å². The fourth-order valence-corrected chi connectivity index (χ4v) is 4.39. The number of allylic oxidation sites excluding steroid dienone is 2. The first-order valence-corrected chi connectivity index (χ1v) is 11.5. The first-order valence-electron chi connectivity index (χ1n) is 9.56. The standard InChI is InChI=1S/C22H20F3NO6S/c1-31-19(27)21(20(28)32-2)10-16(13-4-7-15(8-5-13)22(23,24)25)17(11-21)14-6-9-18(26-12-14)33(3,29)30/h4-9,12H,10-11H2,1-3H3. The summed E-state index contributed by atoms with van der Waals surface area (Å²) in [4.78, 5) is 29.3. The molecule has 0 saturated heterocycles. The molecule has 2 aromatic rings. The zero-order valence-corrected chi connectivity index (χ0v) is 18.7. The van der Waals surface area contributed by atoms with Crippen LogP contribution in [0, 0.1) is 5.41 Å². The number of carbonyl (C=O) groups is 2. The van der Waals surface area contributed by atoms with Crippen molar-refractivity contribution in [1.29, 1.82) is 0 Å². The molecule has 0 atom stereocenters. The van der Waals surface area contributed by atoms with Crippen LogP contribution in [0.5, 0.6) is 0 Å². The van der Waals surface area contributed by atoms with Gasteiger partial charge in [-0.15, -0.1) is 0 Å². The van der Waals surface area contributed by atoms with Crippen molar-refractivity contribution in [2.45, 2.75) is 24.0 Å². The molecular weight excluding hydrogens is 463 g/mol. The number of rotatable bonds is 5. The molecule has 0 N–H and O–H groups in total. The molecule has 7 nitrogen and oxygen atoms in total. The lowest BCUT2D eigenvalue weighted by Gasteiger charge is -2.23. The SMILES string of the molecule is COC(=O)C1(C(=O)OC)CC(c2ccc(C(F)(F)F)cc2)=C(c2ccc(S(C)(=O)=O)nc2)C1. The van der Waals surface area contributed by atoms with Gasteiger partial charge in [-0.25, -0.2) is 13.4 Å². The molecule has 1 aromatic heterocycles. The third-order valence-corrected chi connectivity index (χ3v) is 6.50. The van der Waals surface area contributed by atoms with Crippen molar-refractivity contribution >= 4 is 32.9 Å². The number of alkyl halides is 3. The average molecular weight is 483 g/mol. The molecule has 176 valence electrons. The first-order chi connectivity index (χ1) is 15.3. The van der Waals surface area contributed by atoms with Crippen LogP contribution >= 0.6 is 0 Å². The van der Waals surface area contributed by atoms with Gasteiger partial charge in [0.1, 0.15) is 0 Å². The molecule has 0 bridgehead atoms. The fraction of sp³-hybridized carbons (Fsp3) is 0.318. The minimum absolute atomic E-state index is 0.164. The van der Waals surface area contributed by atoms with Crippen LogP contribution in [0.3, 0.4) is 0 Å². The minimum Gasteiger partial charge on any atom is -0.468 e. The zero-order valence-electron chi connectivity index (χ0n) is 17.9. The summed E-state index contributed by atoms with van der Waals surface area (Å²) in [6.45, 7) is 0. The number of benzene rings is 1. The van der Waals surface area contributed by atoms with Gasteiger partial charge < -0.3 is 9.47 Å². The van der Waals surface area contributed by atoms with E-state index in [2.05, 4.69) is 4.98 Å². The molecule has 0 spiro atoms. The molecular formula is C22H20F3NO6S. The number of ether oxygens (including phenoxy) is 2. The third-order valence-electron chi connectivity index (χ3n) is 5.50. The van der Waals surface area contributed by atoms with Gasteiger partial charge in [-0.3, -0.25) is 9.59 Å². The van der Waals surface area contributed by atoms with Gasteiger partial charge in [0, 0.05) is 25.3 Å². The maximum atomic E-state index is 13.0. The summed E-state index contributed by atoms with van der Waals surface area (Å²) in [5.74, 6) is -1.70. The Balaban J connectivity index is 2.17. The Hall–Kier alpha value is -3.21. The van der Waals surface area contributed by atoms with Crippen molar-refractivity contribution in [2.75, 3.05) is 20.5 Å². The van der Waals surface area contributed by atoms with Crippen molar-refractivity contribution < 1.29 is 40.7 Å². The summed E-state index contributed by atoms with van der Waals surface area (Å²) in [6.07, 6.45) is -2.60. The Morgan fingerprint density at radius 2 is 1.39 bits per heavy atom. The van der Waals surface area contributed by atoms with Gasteiger partial charge in [0.2, 0.25) is 0 Å². The molecule has 1 aliphatic carbocycles. The Labute approximate surface area is 188 Å². The predicted octanol–water partition coefficient (Wildman–Crippen LogP) is 3.54. The second-order valence-corrected chi connectivity index (χ2v) is 9.57. The highest BCUT2D eigenvalue weighted by Crippen LogP contribution is 2.51. The second-order valence-electron chi connectivity index (χ2n) is 7.61. The van der Waals surface area contributed by atoms with E-state index < -0.39 is 38.9 Å². The highest BCUT2D eigenvalue weighted by molar-refractivity contribution is 7.90. The van der Waals surface area contributed by atoms with E-state index in [1.165, 1.54) is 30.5 Å². The second kappa shape index (κ2) is 8.62. The maximum absolute atomic E-state index is 13.0. The van der Waals surface area contributed by atoms with Crippen molar-refractivity contribution in [1.82, 2.24) is 4.98 Å². The number of carbonyl (C=O) groups excluding carboxylic acids is 2. The van der Waals surface area contributed by atoms with Gasteiger partial charge in [0.15, 0.2) is 20.3 Å². The number of hydrogen-bond acceptors (Lipinski definition) is 7. The number of methoxy groups -OCH3 is 2. The lowest BCUT2D eigenvalue weighted by atomic mass is 9.82. The van der Waals surface area contributed by atoms with Crippen LogP contribution in [0.4, 0.5) is 13.2 Å². The molecule has 11 heteroatoms. The maximum Gasteiger partial charge on any atom is 0.416 e. The Morgan fingerprint density at radius 3 is 1.79 bits per heavy atom. The largest absolute Gasteiger partial charge is 0.468 e. The topological polar surface area (TPSA) is 99.6 Å². The summed E-state index contributed by atoms with van der Waals surface area (Å²) in [5.41, 5.74) is -0.956. The number of pyridine rings is 1. The first kappa shape index (κ1) is 24.4. The molecule has 0 saturated carbocycles. The van der Waals surface area contributed by atoms with Gasteiger partial charge in [-0.2, -0.15) is 13.2 Å². The van der Waals surface area contributed by atoms with Crippen LogP contribution in [0.25, 0.3) is 11.1 Å². The molecule has 0 fully saturated rings. The quantitative estimate of drug-likeness (QED) is 0.474. The minimum atomic E-state index is -4.53. The van der Waals surface area contributed by atoms with Crippen molar-refractivity contribution in [2.24, 2.45) is 5.41 Å². The van der Waals surface area contributed by atoms with Gasteiger partial charge >= 0.3 is 18.1 Å². The molecule has 1 aliphatic rings. The smallest absolute Gasteiger partial charge is 0.416 e. The summed E-state index contributed by atoms with van der Waals surface area (Å²) < 4.78 is 72.2. The highest BCUT2D eigenvalue weighted by Gasteiger charge is 2.53. The van der Waals surface area contributed by atoms with E-state index in [0.29, 0.717) is 22.3 Å². The Morgan fingerprint density at radius 1 is 0.909 bits per heavy atom. The van der Waals surface area contributed by atoms with Crippen LogP contribution in [0.15, 0.2) is 47.6 Å². The van der Waals surface area contributed by atoms with Crippen LogP contribution < -0.4 is 0 Å². The number of esters is 2. The monoisotopic (exact) mass is 483 g/mol. The van der Waals surface area contributed by atoms with Crippen LogP contribution in [-0.2, 0) is 35.1 Å². The van der Waals surface area contributed by atoms with E-state index in [1.807, 2.05) is 0 Å². The van der Waals surface area contributed by atoms with Gasteiger partial charge in [-0.05, 0) is 40.5 Å². The summed E-state index contributed by atoms with van der Waals surface area (Å²) >= 11 is 0. The summed E-state index contributed by atoms with van der Waals surface area (Å²) in [7, 11) is -1.33. The Bertz CT molecular complexity index is 1200. The van der Waals surface area contributed by atoms with Crippen LogP contribution in [0.1, 0.15) is 29.5 Å². The molecule has 0 amide bonds. The molecule has 0 aliphatic heterocycles. The molecule has 3 rings (SSSR count). The number of aromatic nitrogens is 1. The third kappa shape index (κ3) is 4.63. The fourth-order valence-electron chi connectivity index (χ4n) is 3.83. The predicted molar refractivity (Wildman–Crippen MR) is 111 cm³/mol. The van der Waals surface area contributed by atoms with Crippen molar-refractivity contribution in [3.8, 4) is 0 Å². The molecule has 1 aromatic carbocycles. The Kier molecular flexibility index (Phi) is 6.38. The highest BCUT2D eigenvalue weighted by atomic mass is 32.2. The normalized spacial score (nSPS) is 15.9. The van der Waals surface area contributed by atoms with E-state index >= 15 is 0 Å². The number of hydrogen-bond donors (Lipinski definition) is 0. The molecule has 0 unspecified atom stereocenters. The van der Waals surface area contributed by atoms with Crippen molar-refractivity contribution in [3.05, 3.63) is 59.3 Å². The summed E-state index contributed by atoms with van der Waals surface area (Å²) in [5, 5.41) is -0.173. The summed E-state index contributed by atoms with van der Waals surface area (Å²) in [6, 6.07) is 7.05. The average Bonchev–Trinajstić information content (AvgIpc) is 3.19. The molecule has 1 heterocycles. The van der Waals surface area contributed by atoms with E-state index in [0.717, 1.165) is 32.6 Å². The van der Waals surface area contributed by atoms with Gasteiger partial charge in [0.05, 0.1) is 19.8 Å². The van der Waals surface area contributed by atoms with E-state index in [9.17, 15) is 31.2 Å². The van der Waals surface area contributed by atoms with Gasteiger partial charge in [-0.1, -0.05) is 18.2 Å². The van der Waals surface area contributed by atoms with Crippen LogP contribution in [0.2, 0.25) is 0 Å². The number of halogens is 3. The van der Waals surface area contributed by atoms with E-state index in [4.69, 9.17) is 9.47 Å². The zero-order chi connectivity index (χ0) is 24.6. The molecule has 33 heavy (non-hydrogen) atoms. The van der Waals surface area contributed by atoms with E-state index in [1.54, 1.807) is 0 Å². The number of nitrogens with zero attached hydrogens (tertiary/aromatic N) is 1. The van der Waals surface area contributed by atoms with Gasteiger partial charge in [0.25, 0.3) is 0 Å². The van der Waals surface area contributed by atoms with Crippen molar-refractivity contribution in [3.63, 3.8) is 0 Å². The lowest BCUT2D eigenvalue weighted by molar-refractivity contribution is -0.168.